The van der Waals surface area contributed by atoms with Gasteiger partial charge in [0.1, 0.15) is 18.2 Å². The van der Waals surface area contributed by atoms with E-state index >= 15 is 0 Å². The number of halogens is 2. The monoisotopic (exact) mass is 356 g/mol. The second kappa shape index (κ2) is 6.36. The normalized spacial score (nSPS) is 11.0. The molecule has 2 aromatic heterocycles. The van der Waals surface area contributed by atoms with Gasteiger partial charge in [-0.1, -0.05) is 5.16 Å². The second-order valence-electron chi connectivity index (χ2n) is 5.36. The van der Waals surface area contributed by atoms with Crippen molar-refractivity contribution in [2.24, 2.45) is 0 Å². The smallest absolute Gasteiger partial charge is 0.388 e. The molecule has 7 nitrogen and oxygen atoms in total. The summed E-state index contributed by atoms with van der Waals surface area (Å²) in [4.78, 5) is 16.1. The summed E-state index contributed by atoms with van der Waals surface area (Å²) in [5, 5.41) is 7.82. The summed E-state index contributed by atoms with van der Waals surface area (Å²) in [5.41, 5.74) is 1.01. The zero-order chi connectivity index (χ0) is 18.1. The van der Waals surface area contributed by atoms with Gasteiger partial charge in [0, 0.05) is 11.1 Å². The van der Waals surface area contributed by atoms with E-state index in [1.807, 2.05) is 0 Å². The Bertz CT molecular complexity index is 1100. The predicted octanol–water partition coefficient (Wildman–Crippen LogP) is 2.88. The fourth-order valence-corrected chi connectivity index (χ4v) is 2.28. The molecule has 0 saturated heterocycles. The van der Waals surface area contributed by atoms with Gasteiger partial charge in [-0.3, -0.25) is 0 Å². The first kappa shape index (κ1) is 15.9. The Morgan fingerprint density at radius 3 is 2.08 bits per heavy atom. The third-order valence-electron chi connectivity index (χ3n) is 3.55. The predicted molar refractivity (Wildman–Crippen MR) is 85.0 cm³/mol. The van der Waals surface area contributed by atoms with Gasteiger partial charge in [0.15, 0.2) is 5.82 Å². The van der Waals surface area contributed by atoms with Gasteiger partial charge in [-0.2, -0.15) is 9.67 Å². The van der Waals surface area contributed by atoms with Crippen LogP contribution in [0.15, 0.2) is 62.3 Å². The van der Waals surface area contributed by atoms with Crippen molar-refractivity contribution in [1.82, 2.24) is 19.9 Å². The highest BCUT2D eigenvalue weighted by Gasteiger charge is 2.14. The van der Waals surface area contributed by atoms with Crippen molar-refractivity contribution in [3.05, 3.63) is 76.5 Å². The van der Waals surface area contributed by atoms with Gasteiger partial charge in [0.25, 0.3) is 5.89 Å². The average molecular weight is 356 g/mol. The Balaban J connectivity index is 1.57. The van der Waals surface area contributed by atoms with Crippen molar-refractivity contribution in [3.8, 4) is 22.9 Å². The largest absolute Gasteiger partial charge is 0.437 e. The molecule has 0 aliphatic heterocycles. The number of aromatic nitrogens is 4. The maximum atomic E-state index is 13.0. The maximum absolute atomic E-state index is 13.0. The van der Waals surface area contributed by atoms with Crippen molar-refractivity contribution >= 4 is 0 Å². The lowest BCUT2D eigenvalue weighted by Gasteiger charge is -1.94. The molecule has 0 radical (unpaired) electrons. The van der Waals surface area contributed by atoms with Crippen LogP contribution < -0.4 is 5.76 Å². The molecule has 2 aromatic carbocycles. The van der Waals surface area contributed by atoms with E-state index in [-0.39, 0.29) is 30.0 Å². The van der Waals surface area contributed by atoms with Crippen LogP contribution in [0.25, 0.3) is 22.9 Å². The summed E-state index contributed by atoms with van der Waals surface area (Å²) in [6.45, 7) is -0.0752. The Morgan fingerprint density at radius 2 is 1.46 bits per heavy atom. The first-order valence-corrected chi connectivity index (χ1v) is 7.51. The first-order chi connectivity index (χ1) is 12.6. The van der Waals surface area contributed by atoms with E-state index in [0.29, 0.717) is 11.1 Å². The van der Waals surface area contributed by atoms with Gasteiger partial charge < -0.3 is 8.94 Å². The quantitative estimate of drug-likeness (QED) is 0.559. The van der Waals surface area contributed by atoms with Gasteiger partial charge in [0.05, 0.1) is 0 Å². The molecule has 0 bridgehead atoms. The summed E-state index contributed by atoms with van der Waals surface area (Å²) in [7, 11) is 0. The van der Waals surface area contributed by atoms with Crippen LogP contribution >= 0.6 is 0 Å². The molecule has 0 atom stereocenters. The molecule has 0 aliphatic rings. The molecule has 0 amide bonds. The highest BCUT2D eigenvalue weighted by atomic mass is 19.1. The zero-order valence-electron chi connectivity index (χ0n) is 13.1. The van der Waals surface area contributed by atoms with Crippen LogP contribution in [0.1, 0.15) is 5.82 Å². The van der Waals surface area contributed by atoms with E-state index in [2.05, 4.69) is 15.2 Å². The second-order valence-corrected chi connectivity index (χ2v) is 5.36. The van der Waals surface area contributed by atoms with Crippen LogP contribution in [0.4, 0.5) is 8.78 Å². The highest BCUT2D eigenvalue weighted by Crippen LogP contribution is 2.18. The van der Waals surface area contributed by atoms with E-state index in [4.69, 9.17) is 8.94 Å². The lowest BCUT2D eigenvalue weighted by Crippen LogP contribution is -2.17. The van der Waals surface area contributed by atoms with Crippen molar-refractivity contribution in [1.29, 1.82) is 0 Å². The summed E-state index contributed by atoms with van der Waals surface area (Å²) < 4.78 is 37.1. The number of nitrogens with zero attached hydrogens (tertiary/aromatic N) is 4. The zero-order valence-corrected chi connectivity index (χ0v) is 13.1. The third kappa shape index (κ3) is 3.14. The van der Waals surface area contributed by atoms with Gasteiger partial charge in [-0.25, -0.2) is 13.6 Å². The van der Waals surface area contributed by atoms with Crippen molar-refractivity contribution in [2.75, 3.05) is 0 Å². The molecular formula is C17H10F2N4O3. The minimum Gasteiger partial charge on any atom is -0.388 e. The molecule has 130 valence electrons. The molecule has 0 saturated carbocycles. The molecule has 26 heavy (non-hydrogen) atoms. The minimum absolute atomic E-state index is 0.0530. The van der Waals surface area contributed by atoms with E-state index in [1.165, 1.54) is 48.5 Å². The summed E-state index contributed by atoms with van der Waals surface area (Å²) >= 11 is 0. The average Bonchev–Trinajstić information content (AvgIpc) is 3.24. The molecule has 0 spiro atoms. The van der Waals surface area contributed by atoms with Crippen LogP contribution in [0.2, 0.25) is 0 Å². The van der Waals surface area contributed by atoms with Gasteiger partial charge >= 0.3 is 5.76 Å². The number of benzene rings is 2. The fraction of sp³-hybridized carbons (Fsp3) is 0.0588. The number of hydrogen-bond donors (Lipinski definition) is 0. The molecule has 0 unspecified atom stereocenters. The molecule has 9 heteroatoms. The van der Waals surface area contributed by atoms with Crippen LogP contribution in [-0.2, 0) is 6.54 Å². The van der Waals surface area contributed by atoms with Crippen molar-refractivity contribution in [3.63, 3.8) is 0 Å². The van der Waals surface area contributed by atoms with E-state index in [1.54, 1.807) is 0 Å². The van der Waals surface area contributed by atoms with Crippen molar-refractivity contribution in [2.45, 2.75) is 6.54 Å². The summed E-state index contributed by atoms with van der Waals surface area (Å²) in [5.74, 6) is -1.05. The third-order valence-corrected chi connectivity index (χ3v) is 3.55. The Labute approximate surface area is 144 Å². The van der Waals surface area contributed by atoms with Gasteiger partial charge in [0.2, 0.25) is 5.89 Å². The van der Waals surface area contributed by atoms with E-state index in [9.17, 15) is 13.6 Å². The van der Waals surface area contributed by atoms with Crippen LogP contribution in [0, 0.1) is 11.6 Å². The maximum Gasteiger partial charge on any atom is 0.437 e. The number of rotatable bonds is 4. The van der Waals surface area contributed by atoms with E-state index < -0.39 is 11.6 Å². The molecule has 0 fully saturated rings. The lowest BCUT2D eigenvalue weighted by molar-refractivity contribution is 0.415. The molecule has 0 aliphatic carbocycles. The molecule has 4 rings (SSSR count). The first-order valence-electron chi connectivity index (χ1n) is 7.51. The molecule has 4 aromatic rings. The Morgan fingerprint density at radius 1 is 0.885 bits per heavy atom. The van der Waals surface area contributed by atoms with Crippen LogP contribution in [-0.4, -0.2) is 19.9 Å². The minimum atomic E-state index is -0.711. The van der Waals surface area contributed by atoms with Crippen LogP contribution in [0.5, 0.6) is 0 Å². The molecule has 2 heterocycles. The molecular weight excluding hydrogens is 346 g/mol. The number of hydrogen-bond acceptors (Lipinski definition) is 6. The summed E-state index contributed by atoms with van der Waals surface area (Å²) in [6.07, 6.45) is 0. The fourth-order valence-electron chi connectivity index (χ4n) is 2.28. The Kier molecular flexibility index (Phi) is 3.88. The molecule has 0 N–H and O–H groups in total. The highest BCUT2D eigenvalue weighted by molar-refractivity contribution is 5.52. The van der Waals surface area contributed by atoms with Gasteiger partial charge in [-0.05, 0) is 48.5 Å². The van der Waals surface area contributed by atoms with Crippen LogP contribution in [0.3, 0.4) is 0 Å². The summed E-state index contributed by atoms with van der Waals surface area (Å²) in [6, 6.07) is 10.9. The van der Waals surface area contributed by atoms with Gasteiger partial charge in [-0.15, -0.1) is 5.10 Å². The van der Waals surface area contributed by atoms with Crippen molar-refractivity contribution < 1.29 is 17.7 Å². The van der Waals surface area contributed by atoms with E-state index in [0.717, 1.165) is 4.68 Å². The standard InChI is InChI=1S/C17H10F2N4O3/c18-12-5-1-10(2-6-12)15-20-14(22-26-15)9-23-17(24)25-16(21-23)11-3-7-13(19)8-4-11/h1-8H,9H2. The Hall–Kier alpha value is -3.62. The SMILES string of the molecule is O=c1oc(-c2ccc(F)cc2)nn1Cc1noc(-c2ccc(F)cc2)n1. The lowest BCUT2D eigenvalue weighted by atomic mass is 10.2. The topological polar surface area (TPSA) is 87.0 Å².